The minimum absolute atomic E-state index is 0.163. The fourth-order valence-electron chi connectivity index (χ4n) is 7.57. The molecule has 0 rings (SSSR count). The summed E-state index contributed by atoms with van der Waals surface area (Å²) in [6.07, 6.45) is 54.7. The molecule has 1 atom stereocenters. The van der Waals surface area contributed by atoms with Crippen molar-refractivity contribution in [1.82, 2.24) is 0 Å². The van der Waals surface area contributed by atoms with Crippen LogP contribution in [-0.2, 0) is 14.3 Å². The third-order valence-corrected chi connectivity index (χ3v) is 11.2. The Morgan fingerprint density at radius 1 is 0.385 bits per heavy atom. The van der Waals surface area contributed by atoms with Crippen molar-refractivity contribution in [3.63, 3.8) is 0 Å². The van der Waals surface area contributed by atoms with E-state index in [2.05, 4.69) is 13.8 Å². The van der Waals surface area contributed by atoms with Crippen LogP contribution in [0, 0.1) is 0 Å². The van der Waals surface area contributed by atoms with E-state index in [0.717, 1.165) is 19.3 Å². The van der Waals surface area contributed by atoms with E-state index >= 15 is 0 Å². The third-order valence-electron chi connectivity index (χ3n) is 11.2. The molecule has 0 aromatic carbocycles. The molecule has 0 bridgehead atoms. The molecule has 1 unspecified atom stereocenters. The van der Waals surface area contributed by atoms with E-state index in [1.165, 1.54) is 238 Å². The summed E-state index contributed by atoms with van der Waals surface area (Å²) in [5.41, 5.74) is 0. The molecule has 0 saturated carbocycles. The maximum Gasteiger partial charge on any atom is 0.306 e. The summed E-state index contributed by atoms with van der Waals surface area (Å²) in [4.78, 5) is 12.2. The van der Waals surface area contributed by atoms with Crippen molar-refractivity contribution in [2.24, 2.45) is 0 Å². The second-order valence-corrected chi connectivity index (χ2v) is 16.6. The summed E-state index contributed by atoms with van der Waals surface area (Å²) in [6, 6.07) is 0. The lowest BCUT2D eigenvalue weighted by atomic mass is 10.0. The molecule has 0 radical (unpaired) electrons. The van der Waals surface area contributed by atoms with Crippen molar-refractivity contribution < 1.29 is 19.4 Å². The first-order valence-electron chi connectivity index (χ1n) is 24.1. The highest BCUT2D eigenvalue weighted by Gasteiger charge is 2.13. The largest absolute Gasteiger partial charge is 0.457 e. The zero-order valence-electron chi connectivity index (χ0n) is 35.9. The van der Waals surface area contributed by atoms with E-state index in [-0.39, 0.29) is 12.6 Å². The second-order valence-electron chi connectivity index (χ2n) is 16.6. The summed E-state index contributed by atoms with van der Waals surface area (Å²) in [5, 5.41) is 9.62. The Morgan fingerprint density at radius 3 is 0.904 bits per heavy atom. The maximum atomic E-state index is 12.2. The minimum Gasteiger partial charge on any atom is -0.457 e. The molecular formula is C48H96O4. The van der Waals surface area contributed by atoms with Gasteiger partial charge in [-0.15, -0.1) is 0 Å². The summed E-state index contributed by atoms with van der Waals surface area (Å²) in [5.74, 6) is -0.191. The molecule has 0 fully saturated rings. The molecule has 0 aliphatic carbocycles. The van der Waals surface area contributed by atoms with Crippen LogP contribution < -0.4 is 0 Å². The van der Waals surface area contributed by atoms with Crippen molar-refractivity contribution in [3.05, 3.63) is 0 Å². The summed E-state index contributed by atoms with van der Waals surface area (Å²) in [6.45, 7) is 5.41. The Hall–Kier alpha value is -0.610. The molecule has 0 heterocycles. The smallest absolute Gasteiger partial charge is 0.306 e. The predicted octanol–water partition coefficient (Wildman–Crippen LogP) is 15.9. The van der Waals surface area contributed by atoms with Gasteiger partial charge in [0.1, 0.15) is 6.10 Å². The number of rotatable bonds is 46. The van der Waals surface area contributed by atoms with Crippen molar-refractivity contribution >= 4 is 5.97 Å². The monoisotopic (exact) mass is 737 g/mol. The van der Waals surface area contributed by atoms with Gasteiger partial charge in [-0.25, -0.2) is 0 Å². The highest BCUT2D eigenvalue weighted by molar-refractivity contribution is 5.69. The average Bonchev–Trinajstić information content (AvgIpc) is 3.15. The van der Waals surface area contributed by atoms with Crippen LogP contribution in [0.2, 0.25) is 0 Å². The first-order valence-corrected chi connectivity index (χ1v) is 24.1. The number of hydrogen-bond acceptors (Lipinski definition) is 4. The Labute approximate surface area is 327 Å². The SMILES string of the molecule is CCCCCCCCCCCCCCCCCCCCCCCCCCC(=O)OC(CO)COCCCCCCCCCCCCCCCCCC. The van der Waals surface area contributed by atoms with Crippen LogP contribution in [-0.4, -0.2) is 37.0 Å². The van der Waals surface area contributed by atoms with Gasteiger partial charge in [-0.05, 0) is 12.8 Å². The maximum absolute atomic E-state index is 12.2. The molecule has 0 aromatic heterocycles. The van der Waals surface area contributed by atoms with Crippen LogP contribution >= 0.6 is 0 Å². The standard InChI is InChI=1S/C48H96O4/c1-3-5-7-9-11-13-15-17-19-21-22-23-24-25-26-27-28-29-31-33-35-37-39-41-43-48(50)52-47(45-49)46-51-44-42-40-38-36-34-32-30-20-18-16-14-12-10-8-6-4-2/h47,49H,3-46H2,1-2H3. The Kier molecular flexibility index (Phi) is 46.0. The van der Waals surface area contributed by atoms with Crippen molar-refractivity contribution in [2.75, 3.05) is 19.8 Å². The fourth-order valence-corrected chi connectivity index (χ4v) is 7.57. The summed E-state index contributed by atoms with van der Waals surface area (Å²) in [7, 11) is 0. The number of hydrogen-bond donors (Lipinski definition) is 1. The van der Waals surface area contributed by atoms with E-state index in [9.17, 15) is 9.90 Å². The highest BCUT2D eigenvalue weighted by Crippen LogP contribution is 2.17. The van der Waals surface area contributed by atoms with Gasteiger partial charge in [-0.1, -0.05) is 258 Å². The van der Waals surface area contributed by atoms with Gasteiger partial charge in [0.2, 0.25) is 0 Å². The van der Waals surface area contributed by atoms with Crippen LogP contribution in [0.15, 0.2) is 0 Å². The van der Waals surface area contributed by atoms with Crippen LogP contribution in [0.1, 0.15) is 277 Å². The van der Waals surface area contributed by atoms with E-state index in [1.54, 1.807) is 0 Å². The van der Waals surface area contributed by atoms with Crippen LogP contribution in [0.25, 0.3) is 0 Å². The highest BCUT2D eigenvalue weighted by atomic mass is 16.6. The second kappa shape index (κ2) is 46.5. The number of unbranched alkanes of at least 4 members (excludes halogenated alkanes) is 38. The molecule has 52 heavy (non-hydrogen) atoms. The minimum atomic E-state index is -0.525. The van der Waals surface area contributed by atoms with Gasteiger partial charge in [0.15, 0.2) is 0 Å². The van der Waals surface area contributed by atoms with Gasteiger partial charge in [-0.2, -0.15) is 0 Å². The molecule has 0 saturated heterocycles. The zero-order valence-corrected chi connectivity index (χ0v) is 35.9. The van der Waals surface area contributed by atoms with Gasteiger partial charge in [-0.3, -0.25) is 4.79 Å². The molecule has 0 amide bonds. The number of carbonyl (C=O) groups excluding carboxylic acids is 1. The van der Waals surface area contributed by atoms with Gasteiger partial charge < -0.3 is 14.6 Å². The first-order chi connectivity index (χ1) is 25.7. The third kappa shape index (κ3) is 43.8. The molecule has 0 aliphatic heterocycles. The molecule has 4 heteroatoms. The van der Waals surface area contributed by atoms with E-state index in [1.807, 2.05) is 0 Å². The Morgan fingerprint density at radius 2 is 0.635 bits per heavy atom. The van der Waals surface area contributed by atoms with Gasteiger partial charge in [0.05, 0.1) is 13.2 Å². The number of carbonyl (C=O) groups is 1. The molecule has 0 spiro atoms. The molecule has 4 nitrogen and oxygen atoms in total. The molecule has 0 aliphatic rings. The van der Waals surface area contributed by atoms with Crippen LogP contribution in [0.3, 0.4) is 0 Å². The van der Waals surface area contributed by atoms with Crippen LogP contribution in [0.4, 0.5) is 0 Å². The fraction of sp³-hybridized carbons (Fsp3) is 0.979. The number of aliphatic hydroxyl groups is 1. The average molecular weight is 737 g/mol. The molecule has 1 N–H and O–H groups in total. The topological polar surface area (TPSA) is 55.8 Å². The molecule has 312 valence electrons. The number of ether oxygens (including phenoxy) is 2. The Balaban J connectivity index is 3.32. The van der Waals surface area contributed by atoms with Crippen LogP contribution in [0.5, 0.6) is 0 Å². The van der Waals surface area contributed by atoms with Gasteiger partial charge >= 0.3 is 5.97 Å². The lowest BCUT2D eigenvalue weighted by molar-refractivity contribution is -0.154. The number of aliphatic hydroxyl groups excluding tert-OH is 1. The number of esters is 1. The van der Waals surface area contributed by atoms with Gasteiger partial charge in [0, 0.05) is 13.0 Å². The summed E-state index contributed by atoms with van der Waals surface area (Å²) >= 11 is 0. The van der Waals surface area contributed by atoms with E-state index < -0.39 is 6.10 Å². The lowest BCUT2D eigenvalue weighted by Gasteiger charge is -2.16. The van der Waals surface area contributed by atoms with E-state index in [4.69, 9.17) is 9.47 Å². The molecule has 0 aromatic rings. The van der Waals surface area contributed by atoms with Crippen molar-refractivity contribution in [1.29, 1.82) is 0 Å². The predicted molar refractivity (Wildman–Crippen MR) is 228 cm³/mol. The van der Waals surface area contributed by atoms with E-state index in [0.29, 0.717) is 19.6 Å². The quantitative estimate of drug-likeness (QED) is 0.0499. The first kappa shape index (κ1) is 51.4. The van der Waals surface area contributed by atoms with Crippen molar-refractivity contribution in [2.45, 2.75) is 283 Å². The van der Waals surface area contributed by atoms with Crippen molar-refractivity contribution in [3.8, 4) is 0 Å². The summed E-state index contributed by atoms with van der Waals surface area (Å²) < 4.78 is 11.2. The van der Waals surface area contributed by atoms with Gasteiger partial charge in [0.25, 0.3) is 0 Å². The Bertz CT molecular complexity index is 652. The zero-order chi connectivity index (χ0) is 37.7. The lowest BCUT2D eigenvalue weighted by Crippen LogP contribution is -2.27. The molecular weight excluding hydrogens is 641 g/mol. The normalized spacial score (nSPS) is 12.1.